The van der Waals surface area contributed by atoms with Crippen molar-refractivity contribution in [1.82, 2.24) is 9.55 Å². The maximum atomic E-state index is 12.7. The van der Waals surface area contributed by atoms with Crippen molar-refractivity contribution in [2.45, 2.75) is 0 Å². The van der Waals surface area contributed by atoms with Crippen LogP contribution in [0, 0.1) is 0 Å². The first kappa shape index (κ1) is 28.8. The van der Waals surface area contributed by atoms with E-state index >= 15 is 0 Å². The van der Waals surface area contributed by atoms with E-state index < -0.39 is 0 Å². The third-order valence-corrected chi connectivity index (χ3v) is 8.93. The fourth-order valence-corrected chi connectivity index (χ4v) is 6.73. The first-order valence-electron chi connectivity index (χ1n) is 15.4. The number of aromatic nitrogens is 3. The van der Waals surface area contributed by atoms with Crippen LogP contribution in [0.2, 0.25) is 0 Å². The number of rotatable bonds is 4. The number of para-hydroxylation sites is 4. The van der Waals surface area contributed by atoms with Crippen LogP contribution in [-0.4, -0.2) is 9.55 Å². The number of H-pyrrole nitrogens is 1. The molecule has 0 aliphatic heterocycles. The molecule has 5 heteroatoms. The largest absolute Gasteiger partial charge is 1.00 e. The third kappa shape index (κ3) is 4.87. The van der Waals surface area contributed by atoms with E-state index in [1.54, 1.807) is 12.1 Å². The SMILES string of the molecule is [Li+].[O-]c1cccc2ccc(-c3c4ccccc4cc4cc(-c5ccc(-c6nc7ccccc7n6-c6ccccc6)cc5)ccc34)[nH+]c12. The van der Waals surface area contributed by atoms with Crippen LogP contribution >= 0.6 is 0 Å². The van der Waals surface area contributed by atoms with Crippen molar-refractivity contribution in [2.24, 2.45) is 0 Å². The maximum Gasteiger partial charge on any atom is 1.00 e. The van der Waals surface area contributed by atoms with Crippen molar-refractivity contribution in [1.29, 1.82) is 0 Å². The minimum atomic E-state index is -0.00559. The summed E-state index contributed by atoms with van der Waals surface area (Å²) < 4.78 is 2.23. The molecule has 0 aliphatic carbocycles. The predicted octanol–water partition coefficient (Wildman–Crippen LogP) is 6.38. The molecule has 0 spiro atoms. The van der Waals surface area contributed by atoms with Crippen LogP contribution in [0.15, 0.2) is 158 Å². The van der Waals surface area contributed by atoms with Gasteiger partial charge in [-0.05, 0) is 87.0 Å². The fraction of sp³-hybridized carbons (Fsp3) is 0. The Morgan fingerprint density at radius 2 is 1.23 bits per heavy atom. The summed E-state index contributed by atoms with van der Waals surface area (Å²) in [5.74, 6) is 0.912. The summed E-state index contributed by atoms with van der Waals surface area (Å²) >= 11 is 0. The van der Waals surface area contributed by atoms with E-state index in [2.05, 4.69) is 131 Å². The minimum Gasteiger partial charge on any atom is -0.868 e. The number of pyridine rings is 1. The van der Waals surface area contributed by atoms with Gasteiger partial charge in [0.1, 0.15) is 5.82 Å². The van der Waals surface area contributed by atoms with E-state index in [0.29, 0.717) is 5.52 Å². The van der Waals surface area contributed by atoms with Gasteiger partial charge in [-0.3, -0.25) is 4.57 Å². The number of imidazole rings is 1. The Labute approximate surface area is 283 Å². The summed E-state index contributed by atoms with van der Waals surface area (Å²) in [5, 5.41) is 18.2. The van der Waals surface area contributed by atoms with Gasteiger partial charge in [-0.2, -0.15) is 0 Å². The predicted molar refractivity (Wildman–Crippen MR) is 186 cm³/mol. The van der Waals surface area contributed by atoms with Gasteiger partial charge in [0.2, 0.25) is 11.2 Å². The molecule has 0 bridgehead atoms. The van der Waals surface area contributed by atoms with Gasteiger partial charge in [-0.1, -0.05) is 103 Å². The molecule has 0 aliphatic rings. The van der Waals surface area contributed by atoms with Crippen molar-refractivity contribution in [3.05, 3.63) is 158 Å². The van der Waals surface area contributed by atoms with Gasteiger partial charge < -0.3 is 5.11 Å². The Morgan fingerprint density at radius 3 is 2.11 bits per heavy atom. The Hall–Kier alpha value is -5.66. The molecular weight excluding hydrogens is 569 g/mol. The molecule has 47 heavy (non-hydrogen) atoms. The van der Waals surface area contributed by atoms with Gasteiger partial charge in [-0.25, -0.2) is 9.97 Å². The summed E-state index contributed by atoms with van der Waals surface area (Å²) in [6, 6.07) is 54.2. The fourth-order valence-electron chi connectivity index (χ4n) is 6.73. The Kier molecular flexibility index (Phi) is 7.11. The quantitative estimate of drug-likeness (QED) is 0.175. The molecule has 0 radical (unpaired) electrons. The molecule has 1 N–H and O–H groups in total. The molecule has 0 unspecified atom stereocenters. The average molecular weight is 597 g/mol. The normalized spacial score (nSPS) is 11.3. The third-order valence-electron chi connectivity index (χ3n) is 8.93. The second-order valence-corrected chi connectivity index (χ2v) is 11.7. The van der Waals surface area contributed by atoms with Gasteiger partial charge in [0.15, 0.2) is 0 Å². The topological polar surface area (TPSA) is 55.0 Å². The van der Waals surface area contributed by atoms with Gasteiger partial charge in [0, 0.05) is 22.7 Å². The molecule has 0 fully saturated rings. The van der Waals surface area contributed by atoms with Crippen LogP contribution in [-0.2, 0) is 0 Å². The summed E-state index contributed by atoms with van der Waals surface area (Å²) in [4.78, 5) is 8.50. The Morgan fingerprint density at radius 1 is 0.532 bits per heavy atom. The van der Waals surface area contributed by atoms with Crippen molar-refractivity contribution in [3.63, 3.8) is 0 Å². The van der Waals surface area contributed by atoms with Crippen LogP contribution in [0.1, 0.15) is 0 Å². The van der Waals surface area contributed by atoms with E-state index in [1.807, 2.05) is 24.3 Å². The van der Waals surface area contributed by atoms with Crippen molar-refractivity contribution < 1.29 is 29.0 Å². The number of aromatic amines is 1. The number of benzene rings is 7. The van der Waals surface area contributed by atoms with Gasteiger partial charge in [0.25, 0.3) is 0 Å². The standard InChI is InChI=1S/C42H27N3O.Li/c46-39-16-8-10-28-22-24-37(43-41(28)39)40-34-13-5-4-9-31(34)26-32-25-30(21-23-35(32)40)27-17-19-29(20-18-27)42-44-36-14-6-7-15-38(36)45(42)33-11-2-1-3-12-33;/h1-26,46H;/q;+1. The molecule has 4 nitrogen and oxygen atoms in total. The molecule has 0 amide bonds. The zero-order valence-electron chi connectivity index (χ0n) is 25.8. The van der Waals surface area contributed by atoms with E-state index in [4.69, 9.17) is 4.98 Å². The zero-order valence-corrected chi connectivity index (χ0v) is 25.8. The van der Waals surface area contributed by atoms with Crippen molar-refractivity contribution >= 4 is 43.5 Å². The Bertz CT molecular complexity index is 2590. The minimum absolute atomic E-state index is 0. The molecule has 9 rings (SSSR count). The smallest absolute Gasteiger partial charge is 0.868 e. The van der Waals surface area contributed by atoms with Crippen LogP contribution < -0.4 is 29.0 Å². The van der Waals surface area contributed by atoms with Crippen LogP contribution in [0.25, 0.3) is 82.9 Å². The van der Waals surface area contributed by atoms with Gasteiger partial charge in [-0.15, -0.1) is 0 Å². The molecule has 0 saturated carbocycles. The van der Waals surface area contributed by atoms with Crippen LogP contribution in [0.5, 0.6) is 5.75 Å². The average Bonchev–Trinajstić information content (AvgIpc) is 3.51. The van der Waals surface area contributed by atoms with E-state index in [0.717, 1.165) is 77.4 Å². The molecular formula is C42H27LiN3O+. The first-order valence-corrected chi connectivity index (χ1v) is 15.4. The summed E-state index contributed by atoms with van der Waals surface area (Å²) in [5.41, 5.74) is 9.12. The van der Waals surface area contributed by atoms with Crippen LogP contribution in [0.3, 0.4) is 0 Å². The molecule has 9 aromatic rings. The second-order valence-electron chi connectivity index (χ2n) is 11.7. The maximum absolute atomic E-state index is 12.7. The number of fused-ring (bicyclic) bond motifs is 4. The molecule has 0 saturated heterocycles. The molecule has 7 aromatic carbocycles. The number of hydrogen-bond acceptors (Lipinski definition) is 2. The van der Waals surface area contributed by atoms with E-state index in [-0.39, 0.29) is 24.6 Å². The molecule has 2 aromatic heterocycles. The summed E-state index contributed by atoms with van der Waals surface area (Å²) in [7, 11) is 0. The first-order chi connectivity index (χ1) is 22.7. The molecule has 2 heterocycles. The van der Waals surface area contributed by atoms with E-state index in [1.165, 1.54) is 0 Å². The summed E-state index contributed by atoms with van der Waals surface area (Å²) in [6.45, 7) is 0. The number of hydrogen-bond donors (Lipinski definition) is 0. The Balaban J connectivity index is 0.00000324. The van der Waals surface area contributed by atoms with E-state index in [9.17, 15) is 5.11 Å². The van der Waals surface area contributed by atoms with Gasteiger partial charge in [0.05, 0.1) is 16.6 Å². The molecule has 0 atom stereocenters. The number of nitrogens with zero attached hydrogens (tertiary/aromatic N) is 2. The molecule has 216 valence electrons. The van der Waals surface area contributed by atoms with Gasteiger partial charge >= 0.3 is 18.9 Å². The van der Waals surface area contributed by atoms with Crippen molar-refractivity contribution in [3.8, 4) is 45.2 Å². The zero-order chi connectivity index (χ0) is 30.6. The summed E-state index contributed by atoms with van der Waals surface area (Å²) in [6.07, 6.45) is 0. The monoisotopic (exact) mass is 596 g/mol. The van der Waals surface area contributed by atoms with Crippen molar-refractivity contribution in [2.75, 3.05) is 0 Å². The number of nitrogens with one attached hydrogen (secondary N) is 1. The van der Waals surface area contributed by atoms with Crippen LogP contribution in [0.4, 0.5) is 0 Å². The second kappa shape index (κ2) is 11.6.